The molecule has 0 aliphatic carbocycles. The first-order valence-electron chi connectivity index (χ1n) is 5.98. The van der Waals surface area contributed by atoms with Gasteiger partial charge in [-0.25, -0.2) is 0 Å². The van der Waals surface area contributed by atoms with Gasteiger partial charge in [0.25, 0.3) is 0 Å². The summed E-state index contributed by atoms with van der Waals surface area (Å²) < 4.78 is 5.45. The van der Waals surface area contributed by atoms with Crippen molar-refractivity contribution in [2.24, 2.45) is 4.99 Å². The standard InChI is InChI=1S/C12H25N3O/c1-4-6-10-16-11-7-9-15-12(13-3)14-8-5-2/h5H,2,4,6-11H2,1,3H3,(H2,13,14,15). The van der Waals surface area contributed by atoms with Crippen LogP contribution in [0, 0.1) is 0 Å². The maximum atomic E-state index is 5.45. The predicted molar refractivity (Wildman–Crippen MR) is 69.9 cm³/mol. The Labute approximate surface area is 99.2 Å². The molecule has 0 aromatic heterocycles. The van der Waals surface area contributed by atoms with Gasteiger partial charge in [-0.3, -0.25) is 4.99 Å². The number of guanidine groups is 1. The number of hydrogen-bond acceptors (Lipinski definition) is 2. The molecule has 0 aromatic carbocycles. The Kier molecular flexibility index (Phi) is 11.3. The second-order valence-corrected chi connectivity index (χ2v) is 3.49. The highest BCUT2D eigenvalue weighted by Gasteiger charge is 1.94. The van der Waals surface area contributed by atoms with Crippen molar-refractivity contribution in [3.8, 4) is 0 Å². The molecule has 0 rings (SSSR count). The highest BCUT2D eigenvalue weighted by Crippen LogP contribution is 1.88. The van der Waals surface area contributed by atoms with E-state index in [-0.39, 0.29) is 0 Å². The van der Waals surface area contributed by atoms with Gasteiger partial charge in [0, 0.05) is 33.4 Å². The van der Waals surface area contributed by atoms with Crippen molar-refractivity contribution in [1.82, 2.24) is 10.6 Å². The first kappa shape index (κ1) is 15.0. The fourth-order valence-corrected chi connectivity index (χ4v) is 1.12. The molecule has 2 N–H and O–H groups in total. The monoisotopic (exact) mass is 227 g/mol. The van der Waals surface area contributed by atoms with Crippen LogP contribution < -0.4 is 10.6 Å². The van der Waals surface area contributed by atoms with E-state index in [1.807, 2.05) is 0 Å². The molecule has 4 heteroatoms. The van der Waals surface area contributed by atoms with Gasteiger partial charge in [-0.2, -0.15) is 0 Å². The second-order valence-electron chi connectivity index (χ2n) is 3.49. The molecular formula is C12H25N3O. The first-order valence-corrected chi connectivity index (χ1v) is 5.98. The Bertz CT molecular complexity index is 193. The summed E-state index contributed by atoms with van der Waals surface area (Å²) in [6.45, 7) is 9.10. The molecule has 0 spiro atoms. The third-order valence-corrected chi connectivity index (χ3v) is 2.04. The van der Waals surface area contributed by atoms with Crippen molar-refractivity contribution in [2.45, 2.75) is 26.2 Å². The number of ether oxygens (including phenoxy) is 1. The van der Waals surface area contributed by atoms with Crippen molar-refractivity contribution in [1.29, 1.82) is 0 Å². The summed E-state index contributed by atoms with van der Waals surface area (Å²) in [7, 11) is 1.76. The van der Waals surface area contributed by atoms with Crippen LogP contribution in [0.25, 0.3) is 0 Å². The molecule has 0 bridgehead atoms. The van der Waals surface area contributed by atoms with E-state index >= 15 is 0 Å². The van der Waals surface area contributed by atoms with E-state index in [0.717, 1.165) is 45.1 Å². The average Bonchev–Trinajstić information content (AvgIpc) is 2.32. The van der Waals surface area contributed by atoms with Crippen LogP contribution >= 0.6 is 0 Å². The molecule has 94 valence electrons. The SMILES string of the molecule is C=CCNC(=NC)NCCCOCCCC. The maximum absolute atomic E-state index is 5.45. The van der Waals surface area contributed by atoms with E-state index in [2.05, 4.69) is 29.1 Å². The maximum Gasteiger partial charge on any atom is 0.191 e. The van der Waals surface area contributed by atoms with Gasteiger partial charge in [0.2, 0.25) is 0 Å². The molecule has 0 saturated carbocycles. The van der Waals surface area contributed by atoms with Crippen molar-refractivity contribution in [3.05, 3.63) is 12.7 Å². The molecule has 0 saturated heterocycles. The van der Waals surface area contributed by atoms with Crippen LogP contribution in [0.4, 0.5) is 0 Å². The van der Waals surface area contributed by atoms with Crippen LogP contribution in [-0.2, 0) is 4.74 Å². The summed E-state index contributed by atoms with van der Waals surface area (Å²) in [5.74, 6) is 0.813. The van der Waals surface area contributed by atoms with Gasteiger partial charge in [0.1, 0.15) is 0 Å². The fraction of sp³-hybridized carbons (Fsp3) is 0.750. The van der Waals surface area contributed by atoms with Crippen LogP contribution in [0.3, 0.4) is 0 Å². The minimum Gasteiger partial charge on any atom is -0.381 e. The highest BCUT2D eigenvalue weighted by atomic mass is 16.5. The minimum atomic E-state index is 0.729. The summed E-state index contributed by atoms with van der Waals surface area (Å²) in [5, 5.41) is 6.32. The zero-order chi connectivity index (χ0) is 12.1. The van der Waals surface area contributed by atoms with E-state index in [9.17, 15) is 0 Å². The lowest BCUT2D eigenvalue weighted by atomic mass is 10.4. The lowest BCUT2D eigenvalue weighted by Gasteiger charge is -2.10. The Morgan fingerprint density at radius 3 is 2.69 bits per heavy atom. The number of nitrogens with one attached hydrogen (secondary N) is 2. The Morgan fingerprint density at radius 1 is 1.31 bits per heavy atom. The van der Waals surface area contributed by atoms with E-state index in [1.165, 1.54) is 6.42 Å². The molecule has 0 heterocycles. The van der Waals surface area contributed by atoms with Crippen LogP contribution in [-0.4, -0.2) is 39.3 Å². The average molecular weight is 227 g/mol. The van der Waals surface area contributed by atoms with Crippen LogP contribution in [0.5, 0.6) is 0 Å². The smallest absolute Gasteiger partial charge is 0.191 e. The summed E-state index contributed by atoms with van der Waals surface area (Å²) in [6, 6.07) is 0. The van der Waals surface area contributed by atoms with Crippen LogP contribution in [0.2, 0.25) is 0 Å². The Balaban J connectivity index is 3.31. The van der Waals surface area contributed by atoms with E-state index < -0.39 is 0 Å². The zero-order valence-electron chi connectivity index (χ0n) is 10.6. The van der Waals surface area contributed by atoms with Gasteiger partial charge in [-0.05, 0) is 12.8 Å². The number of aliphatic imine (C=N–C) groups is 1. The van der Waals surface area contributed by atoms with E-state index in [4.69, 9.17) is 4.74 Å². The van der Waals surface area contributed by atoms with Crippen molar-refractivity contribution < 1.29 is 4.74 Å². The molecule has 0 unspecified atom stereocenters. The Hall–Kier alpha value is -1.03. The predicted octanol–water partition coefficient (Wildman–Crippen LogP) is 1.54. The van der Waals surface area contributed by atoms with Gasteiger partial charge in [0.05, 0.1) is 0 Å². The molecule has 0 radical (unpaired) electrons. The summed E-state index contributed by atoms with van der Waals surface area (Å²) in [4.78, 5) is 4.08. The third kappa shape index (κ3) is 9.52. The van der Waals surface area contributed by atoms with Gasteiger partial charge >= 0.3 is 0 Å². The molecule has 0 atom stereocenters. The summed E-state index contributed by atoms with van der Waals surface area (Å²) in [6.07, 6.45) is 5.14. The normalized spacial score (nSPS) is 11.2. The van der Waals surface area contributed by atoms with Crippen LogP contribution in [0.15, 0.2) is 17.6 Å². The molecule has 4 nitrogen and oxygen atoms in total. The van der Waals surface area contributed by atoms with Crippen molar-refractivity contribution in [3.63, 3.8) is 0 Å². The number of hydrogen-bond donors (Lipinski definition) is 2. The molecule has 0 fully saturated rings. The second kappa shape index (κ2) is 12.0. The number of nitrogens with zero attached hydrogens (tertiary/aromatic N) is 1. The van der Waals surface area contributed by atoms with E-state index in [0.29, 0.717) is 0 Å². The summed E-state index contributed by atoms with van der Waals surface area (Å²) in [5.41, 5.74) is 0. The topological polar surface area (TPSA) is 45.7 Å². The molecule has 16 heavy (non-hydrogen) atoms. The van der Waals surface area contributed by atoms with E-state index in [1.54, 1.807) is 13.1 Å². The lowest BCUT2D eigenvalue weighted by Crippen LogP contribution is -2.38. The summed E-state index contributed by atoms with van der Waals surface area (Å²) >= 11 is 0. The zero-order valence-corrected chi connectivity index (χ0v) is 10.6. The quantitative estimate of drug-likeness (QED) is 0.272. The molecule has 0 aromatic rings. The fourth-order valence-electron chi connectivity index (χ4n) is 1.12. The van der Waals surface area contributed by atoms with Crippen molar-refractivity contribution >= 4 is 5.96 Å². The lowest BCUT2D eigenvalue weighted by molar-refractivity contribution is 0.129. The number of unbranched alkanes of at least 4 members (excludes halogenated alkanes) is 1. The molecular weight excluding hydrogens is 202 g/mol. The third-order valence-electron chi connectivity index (χ3n) is 2.04. The Morgan fingerprint density at radius 2 is 2.06 bits per heavy atom. The van der Waals surface area contributed by atoms with Crippen molar-refractivity contribution in [2.75, 3.05) is 33.4 Å². The molecule has 0 aliphatic heterocycles. The minimum absolute atomic E-state index is 0.729. The highest BCUT2D eigenvalue weighted by molar-refractivity contribution is 5.79. The number of rotatable bonds is 9. The first-order chi connectivity index (χ1) is 7.85. The molecule has 0 aliphatic rings. The van der Waals surface area contributed by atoms with Gasteiger partial charge in [0.15, 0.2) is 5.96 Å². The largest absolute Gasteiger partial charge is 0.381 e. The van der Waals surface area contributed by atoms with Gasteiger partial charge in [-0.1, -0.05) is 19.4 Å². The van der Waals surface area contributed by atoms with Gasteiger partial charge in [-0.15, -0.1) is 6.58 Å². The van der Waals surface area contributed by atoms with Crippen LogP contribution in [0.1, 0.15) is 26.2 Å². The molecule has 0 amide bonds. The van der Waals surface area contributed by atoms with Gasteiger partial charge < -0.3 is 15.4 Å².